The van der Waals surface area contributed by atoms with Crippen LogP contribution in [-0.4, -0.2) is 48.7 Å². The van der Waals surface area contributed by atoms with Crippen LogP contribution < -0.4 is 9.47 Å². The molecule has 2 N–H and O–H groups in total. The Morgan fingerprint density at radius 2 is 1.12 bits per heavy atom. The molecule has 2 radical (unpaired) electrons. The van der Waals surface area contributed by atoms with Crippen molar-refractivity contribution in [1.82, 2.24) is 0 Å². The van der Waals surface area contributed by atoms with Crippen molar-refractivity contribution in [3.63, 3.8) is 0 Å². The third kappa shape index (κ3) is 12.3. The molecule has 0 aliphatic carbocycles. The maximum atomic E-state index is 10.5. The summed E-state index contributed by atoms with van der Waals surface area (Å²) in [6, 6.07) is 22.9. The predicted molar refractivity (Wildman–Crippen MR) is 146 cm³/mol. The van der Waals surface area contributed by atoms with Crippen LogP contribution in [0, 0.1) is 0 Å². The molecule has 4 rings (SSSR count). The molecular weight excluding hydrogens is 698 g/mol. The van der Waals surface area contributed by atoms with Crippen molar-refractivity contribution >= 4 is 46.4 Å². The average molecular weight is 726 g/mol. The molecule has 0 unspecified atom stereocenters. The van der Waals surface area contributed by atoms with Gasteiger partial charge in [0.15, 0.2) is 26.5 Å². The van der Waals surface area contributed by atoms with Gasteiger partial charge in [-0.2, -0.15) is 0 Å². The summed E-state index contributed by atoms with van der Waals surface area (Å²) in [4.78, 5) is 41.0. The molecule has 0 saturated heterocycles. The van der Waals surface area contributed by atoms with Crippen LogP contribution in [0.1, 0.15) is 26.7 Å². The van der Waals surface area contributed by atoms with Crippen LogP contribution in [0.2, 0.25) is 0 Å². The second-order valence-corrected chi connectivity index (χ2v) is 7.75. The first-order chi connectivity index (χ1) is 19.4. The molecular formula is C30H28O10Y2-2. The zero-order valence-corrected chi connectivity index (χ0v) is 28.7. The summed E-state index contributed by atoms with van der Waals surface area (Å²) >= 11 is 0. The molecule has 0 spiro atoms. The molecule has 216 valence electrons. The van der Waals surface area contributed by atoms with Gasteiger partial charge in [0.2, 0.25) is 0 Å². The standard InChI is InChI=1S/C22H12O4.2C4H8O3.2Y/c23-13-25-17-9-10-19-16(11-17)4-2-5-20(19)21-6-1-3-15-7-8-18(26-14-24)12-22(15)21;2*1-2-4(6)7-3-5;;/h1-12H;2*5H,2-3H2,1H3;;/q-2;;;;. The summed E-state index contributed by atoms with van der Waals surface area (Å²) < 4.78 is 17.9. The molecule has 0 aliphatic rings. The minimum absolute atomic E-state index is 0. The minimum atomic E-state index is -0.507. The van der Waals surface area contributed by atoms with Crippen LogP contribution in [-0.2, 0) is 94.1 Å². The van der Waals surface area contributed by atoms with Crippen molar-refractivity contribution in [3.8, 4) is 22.6 Å². The maximum Gasteiger partial charge on any atom is 0.307 e. The Balaban J connectivity index is 0.000000884. The number of aliphatic hydroxyl groups excluding tert-OH is 2. The Kier molecular flexibility index (Phi) is 20.7. The molecule has 4 aromatic rings. The van der Waals surface area contributed by atoms with Crippen LogP contribution in [0.15, 0.2) is 72.8 Å². The van der Waals surface area contributed by atoms with Crippen molar-refractivity contribution in [3.05, 3.63) is 72.8 Å². The number of esters is 2. The fraction of sp³-hybridized carbons (Fsp3) is 0.200. The molecule has 0 saturated carbocycles. The van der Waals surface area contributed by atoms with Gasteiger partial charge in [-0.3, -0.25) is 9.59 Å². The first-order valence-corrected chi connectivity index (χ1v) is 12.1. The Hall–Kier alpha value is -2.59. The first-order valence-electron chi connectivity index (χ1n) is 12.1. The summed E-state index contributed by atoms with van der Waals surface area (Å²) in [6.07, 6.45) is 0.640. The van der Waals surface area contributed by atoms with Crippen LogP contribution in [0.3, 0.4) is 0 Å². The fourth-order valence-corrected chi connectivity index (χ4v) is 3.55. The number of hydrogen-bond acceptors (Lipinski definition) is 10. The summed E-state index contributed by atoms with van der Waals surface area (Å²) in [5.74, 6) is 0.141. The van der Waals surface area contributed by atoms with Crippen LogP contribution in [0.25, 0.3) is 32.7 Å². The van der Waals surface area contributed by atoms with Crippen molar-refractivity contribution in [2.24, 2.45) is 0 Å². The zero-order chi connectivity index (χ0) is 29.3. The number of ether oxygens (including phenoxy) is 4. The van der Waals surface area contributed by atoms with Crippen molar-refractivity contribution in [1.29, 1.82) is 0 Å². The molecule has 0 fully saturated rings. The minimum Gasteiger partial charge on any atom is -0.610 e. The van der Waals surface area contributed by atoms with Gasteiger partial charge in [0.05, 0.1) is 0 Å². The van der Waals surface area contributed by atoms with E-state index < -0.39 is 13.6 Å². The van der Waals surface area contributed by atoms with E-state index in [0.717, 1.165) is 32.7 Å². The molecule has 0 heterocycles. The number of aliphatic hydroxyl groups is 2. The van der Waals surface area contributed by atoms with Crippen LogP contribution in [0.5, 0.6) is 11.5 Å². The molecule has 0 amide bonds. The predicted octanol–water partition coefficient (Wildman–Crippen LogP) is 4.33. The monoisotopic (exact) mass is 726 g/mol. The van der Waals surface area contributed by atoms with Gasteiger partial charge >= 0.3 is 11.9 Å². The van der Waals surface area contributed by atoms with Gasteiger partial charge in [0.25, 0.3) is 0 Å². The molecule has 0 bridgehead atoms. The molecule has 0 aliphatic heterocycles. The van der Waals surface area contributed by atoms with Gasteiger partial charge in [-0.1, -0.05) is 74.5 Å². The van der Waals surface area contributed by atoms with Crippen molar-refractivity contribution < 1.29 is 114 Å². The average Bonchev–Trinajstić information content (AvgIpc) is 2.97. The number of benzene rings is 4. The topological polar surface area (TPSA) is 146 Å². The van der Waals surface area contributed by atoms with E-state index in [1.807, 2.05) is 54.6 Å². The van der Waals surface area contributed by atoms with Crippen LogP contribution in [0.4, 0.5) is 0 Å². The van der Waals surface area contributed by atoms with E-state index in [4.69, 9.17) is 19.7 Å². The van der Waals surface area contributed by atoms with Gasteiger partial charge in [-0.15, -0.1) is 12.1 Å². The third-order valence-corrected chi connectivity index (χ3v) is 5.34. The van der Waals surface area contributed by atoms with E-state index in [-0.39, 0.29) is 77.4 Å². The smallest absolute Gasteiger partial charge is 0.307 e. The van der Waals surface area contributed by atoms with E-state index in [2.05, 4.69) is 9.47 Å². The number of rotatable bonds is 9. The van der Waals surface area contributed by atoms with Crippen molar-refractivity contribution in [2.75, 3.05) is 13.6 Å². The SMILES string of the molecule is CCC(=O)OCO.CCC(=O)OCO.O=[C-]Oc1ccc2c(-c3cccc4ccc(O[C-]=O)cc34)cccc2c1.[Y].[Y]. The van der Waals surface area contributed by atoms with Gasteiger partial charge in [-0.05, 0) is 44.2 Å². The molecule has 0 aromatic heterocycles. The summed E-state index contributed by atoms with van der Waals surface area (Å²) in [7, 11) is 0. The molecule has 4 aromatic carbocycles. The zero-order valence-electron chi connectivity index (χ0n) is 23.1. The Bertz CT molecular complexity index is 1420. The van der Waals surface area contributed by atoms with E-state index in [9.17, 15) is 19.2 Å². The summed E-state index contributed by atoms with van der Waals surface area (Å²) in [5, 5.41) is 19.8. The number of fused-ring (bicyclic) bond motifs is 2. The third-order valence-electron chi connectivity index (χ3n) is 5.34. The van der Waals surface area contributed by atoms with E-state index in [0.29, 0.717) is 24.3 Å². The Morgan fingerprint density at radius 3 is 1.60 bits per heavy atom. The van der Waals surface area contributed by atoms with Gasteiger partial charge < -0.3 is 38.7 Å². The summed E-state index contributed by atoms with van der Waals surface area (Å²) in [6.45, 7) is 5.22. The first kappa shape index (κ1) is 39.4. The molecule has 10 nitrogen and oxygen atoms in total. The van der Waals surface area contributed by atoms with E-state index in [1.54, 1.807) is 32.0 Å². The van der Waals surface area contributed by atoms with Crippen LogP contribution >= 0.6 is 0 Å². The van der Waals surface area contributed by atoms with Gasteiger partial charge in [0, 0.05) is 78.3 Å². The number of carbonyl (C=O) groups excluding carboxylic acids is 4. The molecule has 12 heteroatoms. The molecule has 42 heavy (non-hydrogen) atoms. The largest absolute Gasteiger partial charge is 0.610 e. The van der Waals surface area contributed by atoms with Gasteiger partial charge in [-0.25, -0.2) is 0 Å². The fourth-order valence-electron chi connectivity index (χ4n) is 3.55. The van der Waals surface area contributed by atoms with Crippen molar-refractivity contribution in [2.45, 2.75) is 26.7 Å². The quantitative estimate of drug-likeness (QED) is 0.145. The summed E-state index contributed by atoms with van der Waals surface area (Å²) in [5.41, 5.74) is 2.04. The normalized spacial score (nSPS) is 9.33. The second-order valence-electron chi connectivity index (χ2n) is 7.75. The van der Waals surface area contributed by atoms with Gasteiger partial charge in [0.1, 0.15) is 0 Å². The van der Waals surface area contributed by atoms with E-state index >= 15 is 0 Å². The number of carbonyl (C=O) groups is 2. The number of hydrogen-bond donors (Lipinski definition) is 2. The van der Waals surface area contributed by atoms with E-state index in [1.165, 1.54) is 12.9 Å². The maximum absolute atomic E-state index is 10.5. The molecule has 0 atom stereocenters. The Morgan fingerprint density at radius 1 is 0.643 bits per heavy atom. The Labute approximate surface area is 293 Å². The second kappa shape index (κ2) is 22.0.